The summed E-state index contributed by atoms with van der Waals surface area (Å²) in [5.41, 5.74) is 1.18. The predicted molar refractivity (Wildman–Crippen MR) is 91.0 cm³/mol. The van der Waals surface area contributed by atoms with E-state index >= 15 is 0 Å². The number of hydrogen-bond acceptors (Lipinski definition) is 5. The summed E-state index contributed by atoms with van der Waals surface area (Å²) in [7, 11) is 1.67. The number of nitrogens with zero attached hydrogens (tertiary/aromatic N) is 2. The van der Waals surface area contributed by atoms with Gasteiger partial charge in [0.05, 0.1) is 11.0 Å². The molecular weight excluding hydrogens is 324 g/mol. The van der Waals surface area contributed by atoms with Crippen LogP contribution in [0.5, 0.6) is 11.5 Å². The molecule has 0 bridgehead atoms. The molecule has 0 aromatic heterocycles. The van der Waals surface area contributed by atoms with Crippen molar-refractivity contribution in [2.75, 3.05) is 20.3 Å². The fourth-order valence-corrected chi connectivity index (χ4v) is 2.68. The lowest BCUT2D eigenvalue weighted by atomic mass is 10.1. The average molecular weight is 342 g/mol. The molecule has 1 heterocycles. The van der Waals surface area contributed by atoms with E-state index in [2.05, 4.69) is 0 Å². The van der Waals surface area contributed by atoms with E-state index in [-0.39, 0.29) is 17.6 Å². The van der Waals surface area contributed by atoms with E-state index < -0.39 is 4.92 Å². The summed E-state index contributed by atoms with van der Waals surface area (Å²) < 4.78 is 11.0. The number of rotatable bonds is 4. The summed E-state index contributed by atoms with van der Waals surface area (Å²) in [6, 6.07) is 11.0. The molecule has 130 valence electrons. The van der Waals surface area contributed by atoms with E-state index in [1.807, 2.05) is 6.92 Å². The number of hydrogen-bond donors (Lipinski definition) is 0. The molecular formula is C18H18N2O5. The number of fused-ring (bicyclic) bond motifs is 1. The van der Waals surface area contributed by atoms with Crippen LogP contribution in [0.15, 0.2) is 42.5 Å². The van der Waals surface area contributed by atoms with Crippen LogP contribution in [0.4, 0.5) is 5.69 Å². The minimum atomic E-state index is -0.446. The lowest BCUT2D eigenvalue weighted by Crippen LogP contribution is -2.29. The lowest BCUT2D eigenvalue weighted by molar-refractivity contribution is -0.384. The first kappa shape index (κ1) is 16.8. The monoisotopic (exact) mass is 342 g/mol. The van der Waals surface area contributed by atoms with E-state index in [1.165, 1.54) is 12.1 Å². The molecule has 0 saturated heterocycles. The molecule has 0 spiro atoms. The number of carbonyl (C=O) groups excluding carboxylic acids is 1. The number of ether oxygens (including phenoxy) is 2. The van der Waals surface area contributed by atoms with Crippen molar-refractivity contribution in [2.24, 2.45) is 0 Å². The fraction of sp³-hybridized carbons (Fsp3) is 0.278. The molecule has 1 unspecified atom stereocenters. The topological polar surface area (TPSA) is 81.9 Å². The number of carbonyl (C=O) groups is 1. The van der Waals surface area contributed by atoms with Gasteiger partial charge in [0.15, 0.2) is 11.5 Å². The number of non-ortho nitro benzene ring substituents is 1. The van der Waals surface area contributed by atoms with Crippen molar-refractivity contribution in [3.05, 3.63) is 63.7 Å². The molecule has 1 amide bonds. The van der Waals surface area contributed by atoms with Crippen LogP contribution in [-0.4, -0.2) is 36.0 Å². The summed E-state index contributed by atoms with van der Waals surface area (Å²) in [4.78, 5) is 24.8. The Hall–Kier alpha value is -3.09. The zero-order valence-corrected chi connectivity index (χ0v) is 14.0. The molecule has 0 N–H and O–H groups in total. The lowest BCUT2D eigenvalue weighted by Gasteiger charge is -2.26. The van der Waals surface area contributed by atoms with Crippen molar-refractivity contribution in [3.8, 4) is 11.5 Å². The van der Waals surface area contributed by atoms with Gasteiger partial charge in [0.25, 0.3) is 11.6 Å². The number of amides is 1. The van der Waals surface area contributed by atoms with E-state index in [4.69, 9.17) is 9.47 Å². The van der Waals surface area contributed by atoms with Crippen molar-refractivity contribution in [1.82, 2.24) is 4.90 Å². The Morgan fingerprint density at radius 2 is 1.88 bits per heavy atom. The Balaban J connectivity index is 1.82. The van der Waals surface area contributed by atoms with Crippen molar-refractivity contribution < 1.29 is 19.2 Å². The second kappa shape index (κ2) is 6.80. The van der Waals surface area contributed by atoms with E-state index in [1.54, 1.807) is 42.3 Å². The molecule has 25 heavy (non-hydrogen) atoms. The van der Waals surface area contributed by atoms with Crippen molar-refractivity contribution in [1.29, 1.82) is 0 Å². The Bertz CT molecular complexity index is 821. The Morgan fingerprint density at radius 3 is 2.60 bits per heavy atom. The first-order chi connectivity index (χ1) is 12.0. The third-order valence-electron chi connectivity index (χ3n) is 4.25. The maximum absolute atomic E-state index is 12.8. The van der Waals surface area contributed by atoms with Gasteiger partial charge in [-0.3, -0.25) is 14.9 Å². The van der Waals surface area contributed by atoms with Crippen LogP contribution in [0.25, 0.3) is 0 Å². The van der Waals surface area contributed by atoms with Crippen LogP contribution < -0.4 is 9.47 Å². The van der Waals surface area contributed by atoms with Gasteiger partial charge < -0.3 is 14.4 Å². The molecule has 2 aromatic rings. The van der Waals surface area contributed by atoms with E-state index in [0.717, 1.165) is 0 Å². The zero-order chi connectivity index (χ0) is 18.0. The third kappa shape index (κ3) is 3.40. The maximum atomic E-state index is 12.8. The van der Waals surface area contributed by atoms with E-state index in [0.29, 0.717) is 35.8 Å². The quantitative estimate of drug-likeness (QED) is 0.629. The average Bonchev–Trinajstić information content (AvgIpc) is 2.65. The minimum absolute atomic E-state index is 0.00419. The van der Waals surface area contributed by atoms with Crippen LogP contribution in [0, 0.1) is 10.1 Å². The fourth-order valence-electron chi connectivity index (χ4n) is 2.68. The highest BCUT2D eigenvalue weighted by atomic mass is 16.6. The van der Waals surface area contributed by atoms with Gasteiger partial charge in [0, 0.05) is 24.7 Å². The normalized spacial score (nSPS) is 13.8. The SMILES string of the molecule is CC(c1cccc([N+](=O)[O-])c1)N(C)C(=O)c1ccc2c(c1)OCCO2. The van der Waals surface area contributed by atoms with Gasteiger partial charge in [-0.15, -0.1) is 0 Å². The summed E-state index contributed by atoms with van der Waals surface area (Å²) in [5, 5.41) is 10.9. The summed E-state index contributed by atoms with van der Waals surface area (Å²) >= 11 is 0. The van der Waals surface area contributed by atoms with Gasteiger partial charge in [-0.25, -0.2) is 0 Å². The predicted octanol–water partition coefficient (Wildman–Crippen LogP) is 3.20. The zero-order valence-electron chi connectivity index (χ0n) is 14.0. The molecule has 1 aliphatic heterocycles. The highest BCUT2D eigenvalue weighted by molar-refractivity contribution is 5.95. The molecule has 7 heteroatoms. The maximum Gasteiger partial charge on any atom is 0.269 e. The van der Waals surface area contributed by atoms with E-state index in [9.17, 15) is 14.9 Å². The highest BCUT2D eigenvalue weighted by Gasteiger charge is 2.22. The molecule has 0 aliphatic carbocycles. The third-order valence-corrected chi connectivity index (χ3v) is 4.25. The number of nitro benzene ring substituents is 1. The first-order valence-electron chi connectivity index (χ1n) is 7.88. The van der Waals surface area contributed by atoms with Crippen LogP contribution in [0.2, 0.25) is 0 Å². The Kier molecular flexibility index (Phi) is 4.56. The highest BCUT2D eigenvalue weighted by Crippen LogP contribution is 2.32. The molecule has 0 fully saturated rings. The van der Waals surface area contributed by atoms with Gasteiger partial charge in [-0.05, 0) is 30.7 Å². The second-order valence-corrected chi connectivity index (χ2v) is 5.80. The van der Waals surface area contributed by atoms with Crippen LogP contribution in [0.3, 0.4) is 0 Å². The Labute approximate surface area is 144 Å². The summed E-state index contributed by atoms with van der Waals surface area (Å²) in [6.45, 7) is 2.77. The number of benzene rings is 2. The molecule has 3 rings (SSSR count). The second-order valence-electron chi connectivity index (χ2n) is 5.80. The van der Waals surface area contributed by atoms with Gasteiger partial charge in [-0.2, -0.15) is 0 Å². The molecule has 1 atom stereocenters. The summed E-state index contributed by atoms with van der Waals surface area (Å²) in [5.74, 6) is 0.974. The van der Waals surface area contributed by atoms with Gasteiger partial charge in [0.1, 0.15) is 13.2 Å². The van der Waals surface area contributed by atoms with Crippen molar-refractivity contribution >= 4 is 11.6 Å². The van der Waals surface area contributed by atoms with Crippen molar-refractivity contribution in [3.63, 3.8) is 0 Å². The molecule has 1 aliphatic rings. The Morgan fingerprint density at radius 1 is 1.16 bits per heavy atom. The van der Waals surface area contributed by atoms with Gasteiger partial charge >= 0.3 is 0 Å². The van der Waals surface area contributed by atoms with Crippen LogP contribution in [-0.2, 0) is 0 Å². The van der Waals surface area contributed by atoms with Crippen molar-refractivity contribution in [2.45, 2.75) is 13.0 Å². The summed E-state index contributed by atoms with van der Waals surface area (Å²) in [6.07, 6.45) is 0. The first-order valence-corrected chi connectivity index (χ1v) is 7.88. The minimum Gasteiger partial charge on any atom is -0.486 e. The molecule has 0 saturated carbocycles. The molecule has 7 nitrogen and oxygen atoms in total. The molecule has 2 aromatic carbocycles. The van der Waals surface area contributed by atoms with Gasteiger partial charge in [-0.1, -0.05) is 12.1 Å². The van der Waals surface area contributed by atoms with Crippen LogP contribution >= 0.6 is 0 Å². The smallest absolute Gasteiger partial charge is 0.269 e. The number of nitro groups is 1. The molecule has 0 radical (unpaired) electrons. The standard InChI is InChI=1S/C18H18N2O5/c1-12(13-4-3-5-15(10-13)20(22)23)19(2)18(21)14-6-7-16-17(11-14)25-9-8-24-16/h3-7,10-12H,8-9H2,1-2H3. The van der Waals surface area contributed by atoms with Crippen LogP contribution in [0.1, 0.15) is 28.9 Å². The largest absolute Gasteiger partial charge is 0.486 e. The van der Waals surface area contributed by atoms with Gasteiger partial charge in [0.2, 0.25) is 0 Å².